The van der Waals surface area contributed by atoms with E-state index < -0.39 is 0 Å². The molecule has 3 nitrogen and oxygen atoms in total. The van der Waals surface area contributed by atoms with Crippen LogP contribution in [-0.4, -0.2) is 14.9 Å². The second-order valence-corrected chi connectivity index (χ2v) is 3.31. The number of halogens is 1. The molecule has 4 heteroatoms. The molecule has 0 saturated carbocycles. The minimum atomic E-state index is -0.0352. The van der Waals surface area contributed by atoms with Crippen LogP contribution in [0.15, 0.2) is 36.5 Å². The maximum Gasteiger partial charge on any atom is 0.0854 e. The molecule has 0 aliphatic heterocycles. The molecule has 1 N–H and O–H groups in total. The molecular weight excluding hydrogens is 200 g/mol. The van der Waals surface area contributed by atoms with Crippen LogP contribution in [0.1, 0.15) is 5.69 Å². The molecule has 0 spiro atoms. The van der Waals surface area contributed by atoms with Crippen LogP contribution in [0, 0.1) is 0 Å². The Labute approximate surface area is 86.6 Å². The van der Waals surface area contributed by atoms with Gasteiger partial charge in [-0.15, -0.1) is 0 Å². The zero-order chi connectivity index (χ0) is 9.97. The lowest BCUT2D eigenvalue weighted by molar-refractivity contribution is 0.273. The minimum absolute atomic E-state index is 0.0352. The number of aliphatic hydroxyl groups excluding tert-OH is 1. The Hall–Kier alpha value is -1.32. The minimum Gasteiger partial charge on any atom is -0.390 e. The lowest BCUT2D eigenvalue weighted by Crippen LogP contribution is -2.01. The smallest absolute Gasteiger partial charge is 0.0854 e. The molecule has 1 heterocycles. The molecule has 1 aromatic heterocycles. The predicted octanol–water partition coefficient (Wildman–Crippen LogP) is 2.02. The van der Waals surface area contributed by atoms with Crippen molar-refractivity contribution in [3.8, 4) is 5.69 Å². The third-order valence-electron chi connectivity index (χ3n) is 1.94. The van der Waals surface area contributed by atoms with Crippen molar-refractivity contribution in [1.29, 1.82) is 0 Å². The largest absolute Gasteiger partial charge is 0.390 e. The van der Waals surface area contributed by atoms with E-state index in [2.05, 4.69) is 5.10 Å². The summed E-state index contributed by atoms with van der Waals surface area (Å²) in [5, 5.41) is 13.8. The van der Waals surface area contributed by atoms with Crippen LogP contribution in [0.3, 0.4) is 0 Å². The van der Waals surface area contributed by atoms with Gasteiger partial charge in [0.1, 0.15) is 0 Å². The molecular formula is C10H9ClN2O. The van der Waals surface area contributed by atoms with E-state index in [1.807, 2.05) is 12.1 Å². The third-order valence-corrected chi connectivity index (χ3v) is 2.17. The normalized spacial score (nSPS) is 10.4. The number of rotatable bonds is 2. The first-order valence-corrected chi connectivity index (χ1v) is 4.59. The van der Waals surface area contributed by atoms with Crippen molar-refractivity contribution in [2.24, 2.45) is 0 Å². The summed E-state index contributed by atoms with van der Waals surface area (Å²) >= 11 is 5.85. The monoisotopic (exact) mass is 208 g/mol. The molecule has 0 saturated heterocycles. The van der Waals surface area contributed by atoms with E-state index in [4.69, 9.17) is 16.7 Å². The summed E-state index contributed by atoms with van der Waals surface area (Å²) in [6.07, 6.45) is 1.65. The predicted molar refractivity (Wildman–Crippen MR) is 54.5 cm³/mol. The van der Waals surface area contributed by atoms with Crippen molar-refractivity contribution < 1.29 is 5.11 Å². The number of benzene rings is 1. The van der Waals surface area contributed by atoms with Crippen LogP contribution in [-0.2, 0) is 6.61 Å². The van der Waals surface area contributed by atoms with Crippen molar-refractivity contribution in [2.45, 2.75) is 6.61 Å². The second-order valence-electron chi connectivity index (χ2n) is 2.87. The van der Waals surface area contributed by atoms with Gasteiger partial charge in [-0.3, -0.25) is 0 Å². The van der Waals surface area contributed by atoms with E-state index in [-0.39, 0.29) is 6.61 Å². The Bertz CT molecular complexity index is 439. The van der Waals surface area contributed by atoms with Gasteiger partial charge >= 0.3 is 0 Å². The van der Waals surface area contributed by atoms with Crippen molar-refractivity contribution >= 4 is 11.6 Å². The van der Waals surface area contributed by atoms with E-state index in [0.717, 1.165) is 11.4 Å². The lowest BCUT2D eigenvalue weighted by atomic mass is 10.3. The Balaban J connectivity index is 2.49. The summed E-state index contributed by atoms with van der Waals surface area (Å²) in [6, 6.07) is 9.10. The summed E-state index contributed by atoms with van der Waals surface area (Å²) in [6.45, 7) is -0.0352. The number of aliphatic hydroxyl groups is 1. The first-order chi connectivity index (χ1) is 6.81. The molecule has 72 valence electrons. The summed E-state index contributed by atoms with van der Waals surface area (Å²) < 4.78 is 1.66. The fourth-order valence-electron chi connectivity index (χ4n) is 1.29. The number of hydrogen-bond acceptors (Lipinski definition) is 2. The van der Waals surface area contributed by atoms with Gasteiger partial charge in [-0.25, -0.2) is 4.68 Å². The average molecular weight is 209 g/mol. The van der Waals surface area contributed by atoms with Crippen molar-refractivity contribution in [1.82, 2.24) is 9.78 Å². The van der Waals surface area contributed by atoms with E-state index in [1.165, 1.54) is 0 Å². The van der Waals surface area contributed by atoms with Crippen LogP contribution in [0.25, 0.3) is 5.69 Å². The molecule has 0 aliphatic rings. The molecule has 0 radical (unpaired) electrons. The quantitative estimate of drug-likeness (QED) is 0.820. The molecule has 0 amide bonds. The van der Waals surface area contributed by atoms with Crippen LogP contribution < -0.4 is 0 Å². The summed E-state index contributed by atoms with van der Waals surface area (Å²) in [5.41, 5.74) is 1.60. The highest BCUT2D eigenvalue weighted by Gasteiger charge is 2.03. The van der Waals surface area contributed by atoms with Crippen molar-refractivity contribution in [2.75, 3.05) is 0 Å². The zero-order valence-electron chi connectivity index (χ0n) is 7.39. The lowest BCUT2D eigenvalue weighted by Gasteiger charge is -2.05. The Morgan fingerprint density at radius 2 is 2.21 bits per heavy atom. The van der Waals surface area contributed by atoms with Gasteiger partial charge in [0.15, 0.2) is 0 Å². The molecule has 0 fully saturated rings. The molecule has 1 aromatic carbocycles. The van der Waals surface area contributed by atoms with Gasteiger partial charge in [0.25, 0.3) is 0 Å². The van der Waals surface area contributed by atoms with Crippen molar-refractivity contribution in [3.63, 3.8) is 0 Å². The SMILES string of the molecule is OCc1ccnn1-c1cccc(Cl)c1. The van der Waals surface area contributed by atoms with E-state index >= 15 is 0 Å². The second kappa shape index (κ2) is 3.82. The van der Waals surface area contributed by atoms with E-state index in [9.17, 15) is 0 Å². The number of aromatic nitrogens is 2. The zero-order valence-corrected chi connectivity index (χ0v) is 8.15. The highest BCUT2D eigenvalue weighted by molar-refractivity contribution is 6.30. The molecule has 2 aromatic rings. The van der Waals surface area contributed by atoms with Crippen LogP contribution in [0.5, 0.6) is 0 Å². The van der Waals surface area contributed by atoms with Gasteiger partial charge < -0.3 is 5.11 Å². The van der Waals surface area contributed by atoms with Crippen LogP contribution in [0.4, 0.5) is 0 Å². The summed E-state index contributed by atoms with van der Waals surface area (Å²) in [5.74, 6) is 0. The van der Waals surface area contributed by atoms with Gasteiger partial charge in [0.2, 0.25) is 0 Å². The fourth-order valence-corrected chi connectivity index (χ4v) is 1.48. The summed E-state index contributed by atoms with van der Waals surface area (Å²) in [4.78, 5) is 0. The van der Waals surface area contributed by atoms with Crippen LogP contribution in [0.2, 0.25) is 5.02 Å². The Morgan fingerprint density at radius 1 is 1.36 bits per heavy atom. The highest BCUT2D eigenvalue weighted by Crippen LogP contribution is 2.15. The maximum atomic E-state index is 9.04. The third kappa shape index (κ3) is 1.64. The standard InChI is InChI=1S/C10H9ClN2O/c11-8-2-1-3-9(6-8)13-10(7-14)4-5-12-13/h1-6,14H,7H2. The highest BCUT2D eigenvalue weighted by atomic mass is 35.5. The van der Waals surface area contributed by atoms with Gasteiger partial charge in [0, 0.05) is 11.2 Å². The van der Waals surface area contributed by atoms with E-state index in [0.29, 0.717) is 5.02 Å². The molecule has 14 heavy (non-hydrogen) atoms. The topological polar surface area (TPSA) is 38.1 Å². The van der Waals surface area contributed by atoms with Crippen LogP contribution >= 0.6 is 11.6 Å². The molecule has 0 atom stereocenters. The Morgan fingerprint density at radius 3 is 2.93 bits per heavy atom. The van der Waals surface area contributed by atoms with Gasteiger partial charge in [-0.1, -0.05) is 17.7 Å². The first kappa shape index (κ1) is 9.24. The first-order valence-electron chi connectivity index (χ1n) is 4.21. The van der Waals surface area contributed by atoms with Crippen molar-refractivity contribution in [3.05, 3.63) is 47.2 Å². The number of hydrogen-bond donors (Lipinski definition) is 1. The fraction of sp³-hybridized carbons (Fsp3) is 0.100. The summed E-state index contributed by atoms with van der Waals surface area (Å²) in [7, 11) is 0. The van der Waals surface area contributed by atoms with Gasteiger partial charge in [-0.05, 0) is 24.3 Å². The molecule has 2 rings (SSSR count). The van der Waals surface area contributed by atoms with Gasteiger partial charge in [0.05, 0.1) is 18.0 Å². The maximum absolute atomic E-state index is 9.04. The van der Waals surface area contributed by atoms with Gasteiger partial charge in [-0.2, -0.15) is 5.10 Å². The number of nitrogens with zero attached hydrogens (tertiary/aromatic N) is 2. The van der Waals surface area contributed by atoms with E-state index in [1.54, 1.807) is 29.1 Å². The molecule has 0 aliphatic carbocycles. The Kier molecular flexibility index (Phi) is 2.52. The molecule has 0 bridgehead atoms. The molecule has 0 unspecified atom stereocenters. The average Bonchev–Trinajstić information content (AvgIpc) is 2.65.